The molecule has 8 heteroatoms. The first-order chi connectivity index (χ1) is 15.8. The molecular formula is C25H22ClN3O4. The Morgan fingerprint density at radius 3 is 2.52 bits per heavy atom. The first-order valence-corrected chi connectivity index (χ1v) is 10.6. The molecule has 1 heterocycles. The molecule has 4 rings (SSSR count). The van der Waals surface area contributed by atoms with Gasteiger partial charge in [-0.05, 0) is 74.0 Å². The predicted molar refractivity (Wildman–Crippen MR) is 128 cm³/mol. The van der Waals surface area contributed by atoms with Gasteiger partial charge in [-0.1, -0.05) is 17.7 Å². The van der Waals surface area contributed by atoms with Crippen LogP contribution in [0, 0.1) is 6.92 Å². The van der Waals surface area contributed by atoms with Gasteiger partial charge in [0.05, 0.1) is 23.7 Å². The summed E-state index contributed by atoms with van der Waals surface area (Å²) in [5.41, 5.74) is 4.02. The molecule has 0 radical (unpaired) electrons. The molecule has 1 unspecified atom stereocenters. The number of hydrogen-bond donors (Lipinski definition) is 2. The number of fused-ring (bicyclic) bond motifs is 1. The Kier molecular flexibility index (Phi) is 6.33. The average Bonchev–Trinajstić information content (AvgIpc) is 3.25. The van der Waals surface area contributed by atoms with E-state index >= 15 is 0 Å². The number of anilines is 1. The van der Waals surface area contributed by atoms with E-state index in [0.717, 1.165) is 16.9 Å². The van der Waals surface area contributed by atoms with Gasteiger partial charge in [-0.3, -0.25) is 4.79 Å². The molecule has 0 aliphatic heterocycles. The van der Waals surface area contributed by atoms with Gasteiger partial charge < -0.3 is 19.8 Å². The highest BCUT2D eigenvalue weighted by Crippen LogP contribution is 2.24. The van der Waals surface area contributed by atoms with Gasteiger partial charge in [0.1, 0.15) is 11.6 Å². The maximum atomic E-state index is 12.6. The highest BCUT2D eigenvalue weighted by molar-refractivity contribution is 6.31. The Balaban J connectivity index is 1.45. The van der Waals surface area contributed by atoms with Gasteiger partial charge in [-0.25, -0.2) is 9.78 Å². The molecule has 4 aromatic rings. The molecule has 33 heavy (non-hydrogen) atoms. The SMILES string of the molecule is COc1ccc(-c2nc3ccc(C(=O)OC(C)C(=O)Nc4ccc(C)c(Cl)c4)cc3[nH]2)cc1. The smallest absolute Gasteiger partial charge is 0.338 e. The summed E-state index contributed by atoms with van der Waals surface area (Å²) in [6, 6.07) is 17.7. The number of methoxy groups -OCH3 is 1. The second-order valence-electron chi connectivity index (χ2n) is 7.55. The van der Waals surface area contributed by atoms with Gasteiger partial charge in [-0.15, -0.1) is 0 Å². The number of carbonyl (C=O) groups excluding carboxylic acids is 2. The number of rotatable bonds is 6. The Morgan fingerprint density at radius 2 is 1.82 bits per heavy atom. The number of carbonyl (C=O) groups is 2. The zero-order valence-electron chi connectivity index (χ0n) is 18.3. The second-order valence-corrected chi connectivity index (χ2v) is 7.95. The number of nitrogens with zero attached hydrogens (tertiary/aromatic N) is 1. The van der Waals surface area contributed by atoms with E-state index in [2.05, 4.69) is 15.3 Å². The number of aryl methyl sites for hydroxylation is 1. The zero-order chi connectivity index (χ0) is 23.5. The lowest BCUT2D eigenvalue weighted by atomic mass is 10.2. The van der Waals surface area contributed by atoms with Crippen LogP contribution in [-0.2, 0) is 9.53 Å². The molecule has 0 spiro atoms. The molecule has 2 N–H and O–H groups in total. The van der Waals surface area contributed by atoms with E-state index in [0.29, 0.717) is 33.1 Å². The molecule has 0 fully saturated rings. The van der Waals surface area contributed by atoms with Crippen molar-refractivity contribution in [3.63, 3.8) is 0 Å². The Labute approximate surface area is 195 Å². The first-order valence-electron chi connectivity index (χ1n) is 10.3. The van der Waals surface area contributed by atoms with Crippen molar-refractivity contribution in [2.45, 2.75) is 20.0 Å². The molecule has 3 aromatic carbocycles. The van der Waals surface area contributed by atoms with Crippen molar-refractivity contribution in [3.05, 3.63) is 76.8 Å². The van der Waals surface area contributed by atoms with E-state index in [9.17, 15) is 9.59 Å². The Bertz CT molecular complexity index is 1330. The number of hydrogen-bond acceptors (Lipinski definition) is 5. The lowest BCUT2D eigenvalue weighted by Gasteiger charge is -2.14. The Morgan fingerprint density at radius 1 is 1.06 bits per heavy atom. The number of imidazole rings is 1. The fraction of sp³-hybridized carbons (Fsp3) is 0.160. The van der Waals surface area contributed by atoms with Crippen molar-refractivity contribution in [2.75, 3.05) is 12.4 Å². The fourth-order valence-corrected chi connectivity index (χ4v) is 3.40. The van der Waals surface area contributed by atoms with Crippen molar-refractivity contribution in [1.29, 1.82) is 0 Å². The van der Waals surface area contributed by atoms with E-state index < -0.39 is 18.0 Å². The number of aromatic nitrogens is 2. The standard InChI is InChI=1S/C25H22ClN3O4/c1-14-4-8-18(13-20(14)26)27-24(30)15(2)33-25(31)17-7-11-21-22(12-17)29-23(28-21)16-5-9-19(32-3)10-6-16/h4-13,15H,1-3H3,(H,27,30)(H,28,29). The topological polar surface area (TPSA) is 93.3 Å². The third-order valence-corrected chi connectivity index (χ3v) is 5.58. The van der Waals surface area contributed by atoms with Crippen molar-refractivity contribution >= 4 is 40.2 Å². The number of halogens is 1. The van der Waals surface area contributed by atoms with Crippen LogP contribution in [0.1, 0.15) is 22.8 Å². The average molecular weight is 464 g/mol. The van der Waals surface area contributed by atoms with Crippen LogP contribution < -0.4 is 10.1 Å². The number of benzene rings is 3. The summed E-state index contributed by atoms with van der Waals surface area (Å²) in [7, 11) is 1.61. The monoisotopic (exact) mass is 463 g/mol. The maximum absolute atomic E-state index is 12.6. The van der Waals surface area contributed by atoms with Crippen LogP contribution in [0.3, 0.4) is 0 Å². The largest absolute Gasteiger partial charge is 0.497 e. The van der Waals surface area contributed by atoms with E-state index in [1.807, 2.05) is 31.2 Å². The second kappa shape index (κ2) is 9.34. The van der Waals surface area contributed by atoms with Gasteiger partial charge in [0.15, 0.2) is 6.10 Å². The van der Waals surface area contributed by atoms with Gasteiger partial charge in [0.2, 0.25) is 0 Å². The molecule has 1 amide bonds. The molecule has 0 aliphatic rings. The minimum absolute atomic E-state index is 0.311. The molecule has 1 aromatic heterocycles. The van der Waals surface area contributed by atoms with Crippen LogP contribution in [-0.4, -0.2) is 35.1 Å². The number of aromatic amines is 1. The van der Waals surface area contributed by atoms with Crippen LogP contribution in [0.25, 0.3) is 22.4 Å². The number of H-pyrrole nitrogens is 1. The normalized spacial score (nSPS) is 11.8. The fourth-order valence-electron chi connectivity index (χ4n) is 3.22. The van der Waals surface area contributed by atoms with Crippen molar-refractivity contribution in [3.8, 4) is 17.1 Å². The van der Waals surface area contributed by atoms with E-state index in [4.69, 9.17) is 21.1 Å². The summed E-state index contributed by atoms with van der Waals surface area (Å²) in [4.78, 5) is 32.8. The van der Waals surface area contributed by atoms with Crippen molar-refractivity contribution in [1.82, 2.24) is 9.97 Å². The summed E-state index contributed by atoms with van der Waals surface area (Å²) in [6.07, 6.45) is -0.995. The molecule has 7 nitrogen and oxygen atoms in total. The lowest BCUT2D eigenvalue weighted by molar-refractivity contribution is -0.123. The highest BCUT2D eigenvalue weighted by Gasteiger charge is 2.20. The lowest BCUT2D eigenvalue weighted by Crippen LogP contribution is -2.30. The summed E-state index contributed by atoms with van der Waals surface area (Å²) in [5.74, 6) is 0.362. The van der Waals surface area contributed by atoms with Crippen LogP contribution in [0.2, 0.25) is 5.02 Å². The zero-order valence-corrected chi connectivity index (χ0v) is 19.1. The molecule has 168 valence electrons. The molecular weight excluding hydrogens is 442 g/mol. The van der Waals surface area contributed by atoms with Gasteiger partial charge >= 0.3 is 5.97 Å². The van der Waals surface area contributed by atoms with Crippen LogP contribution in [0.4, 0.5) is 5.69 Å². The minimum atomic E-state index is -0.995. The number of esters is 1. The predicted octanol–water partition coefficient (Wildman–Crippen LogP) is 5.38. The minimum Gasteiger partial charge on any atom is -0.497 e. The van der Waals surface area contributed by atoms with Crippen LogP contribution >= 0.6 is 11.6 Å². The molecule has 0 saturated heterocycles. The van der Waals surface area contributed by atoms with E-state index in [1.165, 1.54) is 6.92 Å². The van der Waals surface area contributed by atoms with Crippen LogP contribution in [0.5, 0.6) is 5.75 Å². The van der Waals surface area contributed by atoms with Gasteiger partial charge in [0.25, 0.3) is 5.91 Å². The summed E-state index contributed by atoms with van der Waals surface area (Å²) in [6.45, 7) is 3.38. The molecule has 0 aliphatic carbocycles. The molecule has 1 atom stereocenters. The summed E-state index contributed by atoms with van der Waals surface area (Å²) >= 11 is 6.09. The quantitative estimate of drug-likeness (QED) is 0.374. The maximum Gasteiger partial charge on any atom is 0.338 e. The van der Waals surface area contributed by atoms with Gasteiger partial charge in [0, 0.05) is 16.3 Å². The number of ether oxygens (including phenoxy) is 2. The molecule has 0 bridgehead atoms. The Hall–Kier alpha value is -3.84. The summed E-state index contributed by atoms with van der Waals surface area (Å²) in [5, 5.41) is 3.24. The number of nitrogens with one attached hydrogen (secondary N) is 2. The number of amides is 1. The van der Waals surface area contributed by atoms with Gasteiger partial charge in [-0.2, -0.15) is 0 Å². The molecule has 0 saturated carbocycles. The third kappa shape index (κ3) is 4.99. The van der Waals surface area contributed by atoms with Crippen molar-refractivity contribution in [2.24, 2.45) is 0 Å². The first kappa shape index (κ1) is 22.4. The van der Waals surface area contributed by atoms with E-state index in [1.54, 1.807) is 43.5 Å². The van der Waals surface area contributed by atoms with Crippen LogP contribution in [0.15, 0.2) is 60.7 Å². The third-order valence-electron chi connectivity index (χ3n) is 5.17. The van der Waals surface area contributed by atoms with Crippen molar-refractivity contribution < 1.29 is 19.1 Å². The summed E-state index contributed by atoms with van der Waals surface area (Å²) < 4.78 is 10.5. The van der Waals surface area contributed by atoms with E-state index in [-0.39, 0.29) is 0 Å². The highest BCUT2D eigenvalue weighted by atomic mass is 35.5.